The molecule has 0 saturated heterocycles. The van der Waals surface area contributed by atoms with Crippen molar-refractivity contribution in [3.05, 3.63) is 64.7 Å². The Balaban J connectivity index is 2.33. The largest absolute Gasteiger partial charge is 0.494 e. The van der Waals surface area contributed by atoms with Crippen molar-refractivity contribution < 1.29 is 36.2 Å². The Kier molecular flexibility index (Phi) is 6.41. The third-order valence-electron chi connectivity index (χ3n) is 3.89. The van der Waals surface area contributed by atoms with Crippen molar-refractivity contribution in [3.8, 4) is 5.75 Å². The molecule has 27 heavy (non-hydrogen) atoms. The van der Waals surface area contributed by atoms with Crippen molar-refractivity contribution in [2.45, 2.75) is 38.2 Å². The van der Waals surface area contributed by atoms with Crippen LogP contribution in [0, 0.1) is 0 Å². The predicted octanol–water partition coefficient (Wildman–Crippen LogP) is 5.98. The molecule has 2 nitrogen and oxygen atoms in total. The molecule has 0 aromatic heterocycles. The van der Waals surface area contributed by atoms with Crippen LogP contribution in [-0.4, -0.2) is 11.7 Å². The molecule has 2 aromatic carbocycles. The zero-order chi connectivity index (χ0) is 20.2. The molecule has 0 fully saturated rings. The molecule has 0 aliphatic carbocycles. The monoisotopic (exact) mass is 392 g/mol. The van der Waals surface area contributed by atoms with Gasteiger partial charge in [0.25, 0.3) is 0 Å². The second-order valence-electron chi connectivity index (χ2n) is 6.01. The van der Waals surface area contributed by atoms with Crippen LogP contribution in [0.4, 0.5) is 26.3 Å². The third-order valence-corrected chi connectivity index (χ3v) is 3.89. The Bertz CT molecular complexity index is 718. The fraction of sp³-hybridized carbons (Fsp3) is 0.368. The summed E-state index contributed by atoms with van der Waals surface area (Å²) >= 11 is 0. The minimum absolute atomic E-state index is 0.0287. The number of benzene rings is 2. The SMILES string of the molecule is CCCCOc1ccc(C(O)c2cc(C(F)(F)F)cc(C(F)(F)F)c2)cc1. The van der Waals surface area contributed by atoms with Crippen LogP contribution in [-0.2, 0) is 12.4 Å². The van der Waals surface area contributed by atoms with Gasteiger partial charge in [-0.3, -0.25) is 0 Å². The molecule has 0 saturated carbocycles. The van der Waals surface area contributed by atoms with Crippen molar-refractivity contribution in [1.82, 2.24) is 0 Å². The highest BCUT2D eigenvalue weighted by molar-refractivity contribution is 5.39. The summed E-state index contributed by atoms with van der Waals surface area (Å²) in [7, 11) is 0. The van der Waals surface area contributed by atoms with Crippen LogP contribution in [0.25, 0.3) is 0 Å². The molecule has 1 N–H and O–H groups in total. The van der Waals surface area contributed by atoms with Crippen LogP contribution < -0.4 is 4.74 Å². The second kappa shape index (κ2) is 8.21. The van der Waals surface area contributed by atoms with Crippen LogP contribution in [0.15, 0.2) is 42.5 Å². The molecule has 1 atom stereocenters. The molecule has 0 heterocycles. The van der Waals surface area contributed by atoms with Gasteiger partial charge in [-0.15, -0.1) is 0 Å². The van der Waals surface area contributed by atoms with E-state index < -0.39 is 35.1 Å². The summed E-state index contributed by atoms with van der Waals surface area (Å²) in [5, 5.41) is 10.3. The number of aliphatic hydroxyl groups is 1. The Labute approximate surface area is 152 Å². The lowest BCUT2D eigenvalue weighted by molar-refractivity contribution is -0.143. The molecule has 0 bridgehead atoms. The van der Waals surface area contributed by atoms with Crippen molar-refractivity contribution in [2.24, 2.45) is 0 Å². The van der Waals surface area contributed by atoms with Crippen molar-refractivity contribution in [1.29, 1.82) is 0 Å². The molecule has 0 aliphatic rings. The third kappa shape index (κ3) is 5.63. The van der Waals surface area contributed by atoms with E-state index in [0.29, 0.717) is 24.5 Å². The molecule has 1 unspecified atom stereocenters. The van der Waals surface area contributed by atoms with Crippen molar-refractivity contribution in [3.63, 3.8) is 0 Å². The first-order valence-electron chi connectivity index (χ1n) is 8.22. The molecule has 0 spiro atoms. The smallest absolute Gasteiger partial charge is 0.416 e. The maximum atomic E-state index is 12.9. The van der Waals surface area contributed by atoms with E-state index in [4.69, 9.17) is 4.74 Å². The van der Waals surface area contributed by atoms with E-state index in [0.717, 1.165) is 12.8 Å². The number of ether oxygens (including phenoxy) is 1. The van der Waals surface area contributed by atoms with Gasteiger partial charge in [-0.2, -0.15) is 26.3 Å². The fourth-order valence-electron chi connectivity index (χ4n) is 2.41. The van der Waals surface area contributed by atoms with Gasteiger partial charge in [-0.05, 0) is 47.9 Å². The number of halogens is 6. The number of rotatable bonds is 6. The Morgan fingerprint density at radius 2 is 1.37 bits per heavy atom. The average Bonchev–Trinajstić information content (AvgIpc) is 2.60. The lowest BCUT2D eigenvalue weighted by atomic mass is 9.96. The van der Waals surface area contributed by atoms with Crippen LogP contribution in [0.1, 0.15) is 48.1 Å². The zero-order valence-electron chi connectivity index (χ0n) is 14.4. The summed E-state index contributed by atoms with van der Waals surface area (Å²) in [5.74, 6) is 0.499. The lowest BCUT2D eigenvalue weighted by Crippen LogP contribution is -2.13. The van der Waals surface area contributed by atoms with E-state index in [1.807, 2.05) is 6.92 Å². The van der Waals surface area contributed by atoms with Gasteiger partial charge in [-0.25, -0.2) is 0 Å². The van der Waals surface area contributed by atoms with Gasteiger partial charge < -0.3 is 9.84 Å². The molecular weight excluding hydrogens is 374 g/mol. The second-order valence-corrected chi connectivity index (χ2v) is 6.01. The molecule has 0 aliphatic heterocycles. The first kappa shape index (κ1) is 21.1. The summed E-state index contributed by atoms with van der Waals surface area (Å²) in [6.45, 7) is 2.48. The minimum Gasteiger partial charge on any atom is -0.494 e. The summed E-state index contributed by atoms with van der Waals surface area (Å²) in [4.78, 5) is 0. The Morgan fingerprint density at radius 3 is 1.81 bits per heavy atom. The van der Waals surface area contributed by atoms with E-state index in [-0.39, 0.29) is 11.6 Å². The zero-order valence-corrected chi connectivity index (χ0v) is 14.4. The molecule has 0 radical (unpaired) electrons. The minimum atomic E-state index is -4.97. The van der Waals surface area contributed by atoms with E-state index in [1.165, 1.54) is 24.3 Å². The number of unbranched alkanes of at least 4 members (excludes halogenated alkanes) is 1. The van der Waals surface area contributed by atoms with Gasteiger partial charge in [0.2, 0.25) is 0 Å². The highest BCUT2D eigenvalue weighted by Crippen LogP contribution is 2.38. The molecule has 0 amide bonds. The topological polar surface area (TPSA) is 29.5 Å². The van der Waals surface area contributed by atoms with Gasteiger partial charge in [0.15, 0.2) is 0 Å². The van der Waals surface area contributed by atoms with Crippen LogP contribution in [0.5, 0.6) is 5.75 Å². The first-order chi connectivity index (χ1) is 12.5. The average molecular weight is 392 g/mol. The molecular formula is C19H18F6O2. The predicted molar refractivity (Wildman–Crippen MR) is 87.4 cm³/mol. The maximum Gasteiger partial charge on any atom is 0.416 e. The van der Waals surface area contributed by atoms with E-state index in [2.05, 4.69) is 0 Å². The van der Waals surface area contributed by atoms with Crippen molar-refractivity contribution in [2.75, 3.05) is 6.61 Å². The highest BCUT2D eigenvalue weighted by atomic mass is 19.4. The van der Waals surface area contributed by atoms with Crippen LogP contribution in [0.2, 0.25) is 0 Å². The summed E-state index contributed by atoms with van der Waals surface area (Å²) in [6.07, 6.45) is -9.79. The molecule has 2 rings (SSSR count). The van der Waals surface area contributed by atoms with Crippen molar-refractivity contribution >= 4 is 0 Å². The van der Waals surface area contributed by atoms with Gasteiger partial charge in [0.1, 0.15) is 11.9 Å². The van der Waals surface area contributed by atoms with E-state index in [1.54, 1.807) is 0 Å². The fourth-order valence-corrected chi connectivity index (χ4v) is 2.41. The molecule has 8 heteroatoms. The Hall–Kier alpha value is -2.22. The quantitative estimate of drug-likeness (QED) is 0.484. The first-order valence-corrected chi connectivity index (χ1v) is 8.22. The van der Waals surface area contributed by atoms with Crippen LogP contribution >= 0.6 is 0 Å². The normalized spacial score (nSPS) is 13.5. The summed E-state index contributed by atoms with van der Waals surface area (Å²) in [5.41, 5.74) is -3.26. The number of hydrogen-bond donors (Lipinski definition) is 1. The standard InChI is InChI=1S/C19H18F6O2/c1-2-3-8-27-16-6-4-12(5-7-16)17(26)13-9-14(18(20,21)22)11-15(10-13)19(23,24)25/h4-7,9-11,17,26H,2-3,8H2,1H3. The molecule has 148 valence electrons. The van der Waals surface area contributed by atoms with E-state index in [9.17, 15) is 31.4 Å². The van der Waals surface area contributed by atoms with E-state index >= 15 is 0 Å². The van der Waals surface area contributed by atoms with Gasteiger partial charge in [0.05, 0.1) is 17.7 Å². The summed E-state index contributed by atoms with van der Waals surface area (Å²) < 4.78 is 83.1. The van der Waals surface area contributed by atoms with Crippen LogP contribution in [0.3, 0.4) is 0 Å². The Morgan fingerprint density at radius 1 is 0.852 bits per heavy atom. The number of aliphatic hydroxyl groups excluding tert-OH is 1. The molecule has 2 aromatic rings. The lowest BCUT2D eigenvalue weighted by Gasteiger charge is -2.18. The maximum absolute atomic E-state index is 12.9. The number of hydrogen-bond acceptors (Lipinski definition) is 2. The summed E-state index contributed by atoms with van der Waals surface area (Å²) in [6, 6.07) is 6.88. The van der Waals surface area contributed by atoms with Gasteiger partial charge in [0, 0.05) is 0 Å². The number of alkyl halides is 6. The van der Waals surface area contributed by atoms with Gasteiger partial charge >= 0.3 is 12.4 Å². The highest BCUT2D eigenvalue weighted by Gasteiger charge is 2.37. The van der Waals surface area contributed by atoms with Gasteiger partial charge in [-0.1, -0.05) is 25.5 Å².